The van der Waals surface area contributed by atoms with Crippen molar-refractivity contribution in [3.05, 3.63) is 29.6 Å². The number of aromatic amines is 1. The van der Waals surface area contributed by atoms with E-state index in [-0.39, 0.29) is 0 Å². The molecule has 0 aromatic carbocycles. The van der Waals surface area contributed by atoms with Gasteiger partial charge in [0.1, 0.15) is 5.69 Å². The van der Waals surface area contributed by atoms with Gasteiger partial charge in [-0.2, -0.15) is 15.4 Å². The van der Waals surface area contributed by atoms with Crippen molar-refractivity contribution in [2.75, 3.05) is 0 Å². The van der Waals surface area contributed by atoms with Crippen LogP contribution in [0.2, 0.25) is 0 Å². The molecule has 1 aromatic rings. The molecule has 1 atom stereocenters. The van der Waals surface area contributed by atoms with Crippen LogP contribution in [0, 0.1) is 0 Å². The summed E-state index contributed by atoms with van der Waals surface area (Å²) in [7, 11) is 0. The van der Waals surface area contributed by atoms with Gasteiger partial charge in [0.2, 0.25) is 0 Å². The molecule has 1 aliphatic carbocycles. The molecule has 0 radical (unpaired) electrons. The molecule has 0 saturated carbocycles. The fourth-order valence-electron chi connectivity index (χ4n) is 1.17. The first-order valence-electron chi connectivity index (χ1n) is 4.63. The number of nitrogens with one attached hydrogen (secondary N) is 1. The van der Waals surface area contributed by atoms with Gasteiger partial charge in [0, 0.05) is 5.92 Å². The summed E-state index contributed by atoms with van der Waals surface area (Å²) in [6.45, 7) is 6.10. The molecule has 0 saturated heterocycles. The van der Waals surface area contributed by atoms with E-state index < -0.39 is 0 Å². The minimum Gasteiger partial charge on any atom is -0.197 e. The Morgan fingerprint density at radius 2 is 2.00 bits per heavy atom. The molecule has 1 unspecified atom stereocenters. The van der Waals surface area contributed by atoms with Crippen molar-refractivity contribution in [2.45, 2.75) is 26.7 Å². The van der Waals surface area contributed by atoms with Gasteiger partial charge in [0.25, 0.3) is 0 Å². The molecule has 70 valence electrons. The van der Waals surface area contributed by atoms with Crippen LogP contribution in [0.15, 0.2) is 18.2 Å². The van der Waals surface area contributed by atoms with Crippen molar-refractivity contribution in [2.24, 2.45) is 0 Å². The Bertz CT molecular complexity index is 310. The topological polar surface area (TPSA) is 41.6 Å². The lowest BCUT2D eigenvalue weighted by Gasteiger charge is -1.98. The molecule has 1 heterocycles. The number of hydrogen-bond donors (Lipinski definition) is 1. The molecule has 3 nitrogen and oxygen atoms in total. The average Bonchev–Trinajstić information content (AvgIpc) is 2.57. The summed E-state index contributed by atoms with van der Waals surface area (Å²) >= 11 is 0. The number of allylic oxidation sites excluding steroid dienone is 3. The molecule has 0 bridgehead atoms. The molecule has 1 aliphatic rings. The van der Waals surface area contributed by atoms with Crippen LogP contribution in [0.25, 0.3) is 6.08 Å². The summed E-state index contributed by atoms with van der Waals surface area (Å²) < 4.78 is 0. The maximum atomic E-state index is 4.06. The van der Waals surface area contributed by atoms with Gasteiger partial charge in [-0.15, -0.1) is 0 Å². The quantitative estimate of drug-likeness (QED) is 0.661. The summed E-state index contributed by atoms with van der Waals surface area (Å²) in [5.74, 6) is 0.360. The first-order chi connectivity index (χ1) is 6.38. The normalized spacial score (nSPS) is 18.5. The highest BCUT2D eigenvalue weighted by Crippen LogP contribution is 2.20. The predicted molar refractivity (Wildman–Crippen MR) is 54.3 cm³/mol. The maximum absolute atomic E-state index is 4.06. The Hall–Kier alpha value is -1.38. The maximum Gasteiger partial charge on any atom is 0.109 e. The fraction of sp³-hybridized carbons (Fsp3) is 0.400. The van der Waals surface area contributed by atoms with Crippen molar-refractivity contribution in [1.29, 1.82) is 0 Å². The average molecular weight is 177 g/mol. The molecule has 0 spiro atoms. The second-order valence-electron chi connectivity index (χ2n) is 2.63. The zero-order chi connectivity index (χ0) is 9.68. The van der Waals surface area contributed by atoms with Crippen LogP contribution in [0.4, 0.5) is 0 Å². The Morgan fingerprint density at radius 3 is 2.77 bits per heavy atom. The smallest absolute Gasteiger partial charge is 0.109 e. The molecule has 1 aromatic heterocycles. The van der Waals surface area contributed by atoms with Crippen LogP contribution in [0.3, 0.4) is 0 Å². The monoisotopic (exact) mass is 177 g/mol. The van der Waals surface area contributed by atoms with Gasteiger partial charge in [0.15, 0.2) is 0 Å². The zero-order valence-corrected chi connectivity index (χ0v) is 8.28. The van der Waals surface area contributed by atoms with Gasteiger partial charge in [0.05, 0.1) is 5.69 Å². The number of aromatic nitrogens is 3. The summed E-state index contributed by atoms with van der Waals surface area (Å²) in [6, 6.07) is 0. The highest BCUT2D eigenvalue weighted by atomic mass is 15.3. The molecule has 0 amide bonds. The van der Waals surface area contributed by atoms with E-state index in [4.69, 9.17) is 0 Å². The van der Waals surface area contributed by atoms with Gasteiger partial charge < -0.3 is 0 Å². The van der Waals surface area contributed by atoms with E-state index in [1.165, 1.54) is 0 Å². The van der Waals surface area contributed by atoms with Crippen molar-refractivity contribution in [3.8, 4) is 0 Å². The van der Waals surface area contributed by atoms with Crippen LogP contribution in [0.5, 0.6) is 0 Å². The Balaban J connectivity index is 0.000000396. The zero-order valence-electron chi connectivity index (χ0n) is 8.28. The van der Waals surface area contributed by atoms with E-state index in [1.807, 2.05) is 32.1 Å². The molecular formula is C10H15N3. The van der Waals surface area contributed by atoms with E-state index in [2.05, 4.69) is 28.4 Å². The first-order valence-corrected chi connectivity index (χ1v) is 4.63. The third-order valence-electron chi connectivity index (χ3n) is 1.80. The first kappa shape index (κ1) is 9.71. The molecular weight excluding hydrogens is 162 g/mol. The van der Waals surface area contributed by atoms with Gasteiger partial charge in [-0.3, -0.25) is 0 Å². The number of fused-ring (bicyclic) bond motifs is 1. The van der Waals surface area contributed by atoms with Crippen molar-refractivity contribution in [1.82, 2.24) is 15.4 Å². The Morgan fingerprint density at radius 1 is 1.23 bits per heavy atom. The Labute approximate surface area is 78.6 Å². The van der Waals surface area contributed by atoms with Crippen LogP contribution in [0.1, 0.15) is 38.1 Å². The minimum atomic E-state index is 0.360. The lowest BCUT2D eigenvalue weighted by molar-refractivity contribution is 0.862. The van der Waals surface area contributed by atoms with Crippen molar-refractivity contribution < 1.29 is 0 Å². The van der Waals surface area contributed by atoms with Crippen LogP contribution in [-0.2, 0) is 0 Å². The summed E-state index contributed by atoms with van der Waals surface area (Å²) in [5.41, 5.74) is 1.97. The van der Waals surface area contributed by atoms with Crippen LogP contribution < -0.4 is 0 Å². The van der Waals surface area contributed by atoms with E-state index in [9.17, 15) is 0 Å². The second-order valence-corrected chi connectivity index (χ2v) is 2.63. The molecule has 2 rings (SSSR count). The number of nitrogens with zero attached hydrogens (tertiary/aromatic N) is 2. The molecule has 1 N–H and O–H groups in total. The molecule has 0 fully saturated rings. The Kier molecular flexibility index (Phi) is 3.43. The summed E-state index contributed by atoms with van der Waals surface area (Å²) in [5, 5.41) is 10.7. The lowest BCUT2D eigenvalue weighted by atomic mass is 10.1. The van der Waals surface area contributed by atoms with Gasteiger partial charge in [-0.25, -0.2) is 0 Å². The van der Waals surface area contributed by atoms with Gasteiger partial charge in [-0.1, -0.05) is 39.0 Å². The third kappa shape index (κ3) is 2.05. The van der Waals surface area contributed by atoms with Crippen LogP contribution >= 0.6 is 0 Å². The highest BCUT2D eigenvalue weighted by molar-refractivity contribution is 5.52. The largest absolute Gasteiger partial charge is 0.197 e. The van der Waals surface area contributed by atoms with Crippen molar-refractivity contribution in [3.63, 3.8) is 0 Å². The van der Waals surface area contributed by atoms with E-state index >= 15 is 0 Å². The number of hydrogen-bond acceptors (Lipinski definition) is 2. The van der Waals surface area contributed by atoms with Gasteiger partial charge >= 0.3 is 0 Å². The summed E-state index contributed by atoms with van der Waals surface area (Å²) in [6.07, 6.45) is 8.06. The number of H-pyrrole nitrogens is 1. The molecule has 13 heavy (non-hydrogen) atoms. The fourth-order valence-corrected chi connectivity index (χ4v) is 1.17. The van der Waals surface area contributed by atoms with E-state index in [1.54, 1.807) is 0 Å². The van der Waals surface area contributed by atoms with Crippen LogP contribution in [-0.4, -0.2) is 15.4 Å². The predicted octanol–water partition coefficient (Wildman–Crippen LogP) is 2.52. The highest BCUT2D eigenvalue weighted by Gasteiger charge is 2.11. The third-order valence-corrected chi connectivity index (χ3v) is 1.80. The summed E-state index contributed by atoms with van der Waals surface area (Å²) in [4.78, 5) is 0. The SMILES string of the molecule is CC.CC1C=CC=Cc2n[nH]nc21. The standard InChI is InChI=1S/C8H9N3.C2H6/c1-6-4-2-3-5-7-8(6)10-11-9-7;1-2/h2-6H,1H3,(H,9,10,11);1-2H3. The van der Waals surface area contributed by atoms with Gasteiger partial charge in [-0.05, 0) is 6.08 Å². The van der Waals surface area contributed by atoms with E-state index in [0.717, 1.165) is 11.4 Å². The lowest BCUT2D eigenvalue weighted by Crippen LogP contribution is -1.90. The number of rotatable bonds is 0. The van der Waals surface area contributed by atoms with E-state index in [0.29, 0.717) is 5.92 Å². The van der Waals surface area contributed by atoms with Crippen molar-refractivity contribution >= 4 is 6.08 Å². The minimum absolute atomic E-state index is 0.360. The molecule has 0 aliphatic heterocycles. The second kappa shape index (κ2) is 4.60. The molecule has 3 heteroatoms.